The smallest absolute Gasteiger partial charge is 0.244 e. The normalized spacial score (nSPS) is 10.5. The van der Waals surface area contributed by atoms with Gasteiger partial charge < -0.3 is 10.2 Å². The monoisotopic (exact) mass is 378 g/mol. The van der Waals surface area contributed by atoms with Crippen LogP contribution < -0.4 is 16.6 Å². The summed E-state index contributed by atoms with van der Waals surface area (Å²) in [5.41, 5.74) is 11.8. The summed E-state index contributed by atoms with van der Waals surface area (Å²) in [6.45, 7) is 0. The number of amides is 1. The van der Waals surface area contributed by atoms with E-state index in [1.165, 1.54) is 12.3 Å². The lowest BCUT2D eigenvalue weighted by atomic mass is 10.2. The van der Waals surface area contributed by atoms with Crippen molar-refractivity contribution in [3.05, 3.63) is 52.5 Å². The first-order valence-corrected chi connectivity index (χ1v) is 7.80. The predicted octanol–water partition coefficient (Wildman–Crippen LogP) is 2.71. The zero-order valence-corrected chi connectivity index (χ0v) is 14.2. The molecule has 0 spiro atoms. The van der Waals surface area contributed by atoms with Crippen LogP contribution in [0.4, 0.5) is 11.8 Å². The molecule has 0 saturated carbocycles. The van der Waals surface area contributed by atoms with Crippen LogP contribution in [0.5, 0.6) is 0 Å². The molecule has 0 fully saturated rings. The van der Waals surface area contributed by atoms with Gasteiger partial charge in [-0.1, -0.05) is 23.2 Å². The Morgan fingerprint density at radius 1 is 1.16 bits per heavy atom. The molecule has 8 nitrogen and oxygen atoms in total. The maximum atomic E-state index is 12.0. The van der Waals surface area contributed by atoms with Crippen molar-refractivity contribution in [1.29, 1.82) is 0 Å². The predicted molar refractivity (Wildman–Crippen MR) is 93.9 cm³/mol. The van der Waals surface area contributed by atoms with Gasteiger partial charge in [0.05, 0.1) is 12.1 Å². The molecular formula is C15H12Cl2N6O2. The number of hydrazine groups is 1. The molecule has 10 heteroatoms. The molecule has 4 N–H and O–H groups in total. The second kappa shape index (κ2) is 7.37. The van der Waals surface area contributed by atoms with Crippen LogP contribution in [-0.2, 0) is 11.2 Å². The van der Waals surface area contributed by atoms with E-state index in [2.05, 4.69) is 25.8 Å². The second-order valence-electron chi connectivity index (χ2n) is 4.93. The van der Waals surface area contributed by atoms with Gasteiger partial charge >= 0.3 is 0 Å². The fourth-order valence-electron chi connectivity index (χ4n) is 1.95. The Hall–Kier alpha value is -2.84. The van der Waals surface area contributed by atoms with E-state index in [-0.39, 0.29) is 29.2 Å². The van der Waals surface area contributed by atoms with Gasteiger partial charge in [0.25, 0.3) is 0 Å². The Balaban J connectivity index is 1.59. The number of benzene rings is 1. The van der Waals surface area contributed by atoms with E-state index < -0.39 is 0 Å². The van der Waals surface area contributed by atoms with Gasteiger partial charge in [0.15, 0.2) is 5.82 Å². The van der Waals surface area contributed by atoms with Crippen LogP contribution in [0.3, 0.4) is 0 Å². The van der Waals surface area contributed by atoms with Gasteiger partial charge in [-0.15, -0.1) is 0 Å². The summed E-state index contributed by atoms with van der Waals surface area (Å²) in [5, 5.41) is 0.778. The van der Waals surface area contributed by atoms with E-state index >= 15 is 0 Å². The van der Waals surface area contributed by atoms with Crippen LogP contribution in [0.15, 0.2) is 41.0 Å². The lowest BCUT2D eigenvalue weighted by Crippen LogP contribution is -2.31. The largest absolute Gasteiger partial charge is 0.444 e. The van der Waals surface area contributed by atoms with Gasteiger partial charge in [-0.05, 0) is 24.3 Å². The highest BCUT2D eigenvalue weighted by Crippen LogP contribution is 2.21. The van der Waals surface area contributed by atoms with E-state index in [1.54, 1.807) is 24.3 Å². The number of hydrogen-bond donors (Lipinski definition) is 3. The third kappa shape index (κ3) is 4.59. The zero-order valence-electron chi connectivity index (χ0n) is 12.7. The fourth-order valence-corrected chi connectivity index (χ4v) is 2.27. The van der Waals surface area contributed by atoms with E-state index in [4.69, 9.17) is 33.4 Å². The van der Waals surface area contributed by atoms with Crippen molar-refractivity contribution in [2.24, 2.45) is 0 Å². The third-order valence-electron chi connectivity index (χ3n) is 3.03. The fraction of sp³-hybridized carbons (Fsp3) is 0.0667. The van der Waals surface area contributed by atoms with Gasteiger partial charge in [-0.25, -0.2) is 9.97 Å². The molecule has 0 unspecified atom stereocenters. The number of carbonyl (C=O) groups excluding carboxylic acids is 1. The lowest BCUT2D eigenvalue weighted by Gasteiger charge is -2.07. The van der Waals surface area contributed by atoms with Crippen LogP contribution in [0.2, 0.25) is 10.2 Å². The van der Waals surface area contributed by atoms with Crippen molar-refractivity contribution in [2.45, 2.75) is 6.42 Å². The van der Waals surface area contributed by atoms with Crippen molar-refractivity contribution < 1.29 is 9.21 Å². The number of oxazole rings is 1. The maximum absolute atomic E-state index is 12.0. The molecule has 0 aliphatic heterocycles. The Morgan fingerprint density at radius 3 is 2.64 bits per heavy atom. The molecule has 0 bridgehead atoms. The molecule has 128 valence electrons. The number of nitrogens with zero attached hydrogens (tertiary/aromatic N) is 3. The van der Waals surface area contributed by atoms with Crippen molar-refractivity contribution >= 4 is 40.9 Å². The molecule has 3 aromatic rings. The van der Waals surface area contributed by atoms with Gasteiger partial charge in [0.1, 0.15) is 11.4 Å². The number of nitrogen functional groups attached to an aromatic ring is 1. The number of hydrogen-bond acceptors (Lipinski definition) is 7. The first-order valence-electron chi connectivity index (χ1n) is 7.05. The molecule has 2 heterocycles. The maximum Gasteiger partial charge on any atom is 0.244 e. The van der Waals surface area contributed by atoms with Gasteiger partial charge in [-0.3, -0.25) is 15.6 Å². The summed E-state index contributed by atoms with van der Waals surface area (Å²) >= 11 is 11.6. The Morgan fingerprint density at radius 2 is 1.92 bits per heavy atom. The van der Waals surface area contributed by atoms with Gasteiger partial charge in [0, 0.05) is 16.7 Å². The first kappa shape index (κ1) is 17.0. The summed E-state index contributed by atoms with van der Waals surface area (Å²) in [4.78, 5) is 23.8. The Bertz CT molecular complexity index is 877. The van der Waals surface area contributed by atoms with E-state index in [1.807, 2.05) is 0 Å². The van der Waals surface area contributed by atoms with Crippen LogP contribution in [0.1, 0.15) is 5.69 Å². The molecule has 0 aliphatic rings. The van der Waals surface area contributed by atoms with Crippen LogP contribution >= 0.6 is 23.2 Å². The number of rotatable bonds is 5. The zero-order chi connectivity index (χ0) is 17.8. The second-order valence-corrected chi connectivity index (χ2v) is 5.76. The van der Waals surface area contributed by atoms with Gasteiger partial charge in [-0.2, -0.15) is 4.98 Å². The number of aromatic nitrogens is 3. The SMILES string of the molecule is Nc1nc(Cl)cc(NNC(=O)Cc2coc(-c3ccc(Cl)cc3)n2)n1. The van der Waals surface area contributed by atoms with E-state index in [0.29, 0.717) is 16.6 Å². The van der Waals surface area contributed by atoms with E-state index in [0.717, 1.165) is 5.56 Å². The van der Waals surface area contributed by atoms with Crippen molar-refractivity contribution in [1.82, 2.24) is 20.4 Å². The third-order valence-corrected chi connectivity index (χ3v) is 3.47. The summed E-state index contributed by atoms with van der Waals surface area (Å²) in [6.07, 6.45) is 1.43. The Kier molecular flexibility index (Phi) is 5.01. The highest BCUT2D eigenvalue weighted by molar-refractivity contribution is 6.30. The quantitative estimate of drug-likeness (QED) is 0.461. The Labute approximate surface area is 152 Å². The van der Waals surface area contributed by atoms with Crippen LogP contribution in [0, 0.1) is 0 Å². The first-order chi connectivity index (χ1) is 12.0. The molecule has 0 saturated heterocycles. The molecule has 25 heavy (non-hydrogen) atoms. The molecule has 3 rings (SSSR count). The minimum absolute atomic E-state index is 0.00615. The number of carbonyl (C=O) groups is 1. The molecule has 2 aromatic heterocycles. The van der Waals surface area contributed by atoms with Crippen molar-refractivity contribution in [3.8, 4) is 11.5 Å². The average Bonchev–Trinajstić information content (AvgIpc) is 3.01. The molecule has 1 amide bonds. The van der Waals surface area contributed by atoms with Gasteiger partial charge in [0.2, 0.25) is 17.7 Å². The molecule has 0 atom stereocenters. The van der Waals surface area contributed by atoms with Crippen LogP contribution in [-0.4, -0.2) is 20.9 Å². The summed E-state index contributed by atoms with van der Waals surface area (Å²) in [7, 11) is 0. The average molecular weight is 379 g/mol. The minimum atomic E-state index is -0.343. The summed E-state index contributed by atoms with van der Waals surface area (Å²) in [6, 6.07) is 8.45. The van der Waals surface area contributed by atoms with Crippen LogP contribution in [0.25, 0.3) is 11.5 Å². The van der Waals surface area contributed by atoms with Crippen molar-refractivity contribution in [2.75, 3.05) is 11.2 Å². The topological polar surface area (TPSA) is 119 Å². The summed E-state index contributed by atoms with van der Waals surface area (Å²) in [5.74, 6) is 0.327. The standard InChI is InChI=1S/C15H12Cl2N6O2/c16-9-3-1-8(2-4-9)14-19-10(7-25-14)5-13(24)23-22-12-6-11(17)20-15(18)21-12/h1-4,6-7H,5H2,(H,23,24)(H3,18,20,21,22). The highest BCUT2D eigenvalue weighted by Gasteiger charge is 2.11. The molecule has 0 aliphatic carbocycles. The minimum Gasteiger partial charge on any atom is -0.444 e. The molecule has 1 aromatic carbocycles. The molecule has 0 radical (unpaired) electrons. The number of halogens is 2. The lowest BCUT2D eigenvalue weighted by molar-refractivity contribution is -0.120. The van der Waals surface area contributed by atoms with Crippen molar-refractivity contribution in [3.63, 3.8) is 0 Å². The summed E-state index contributed by atoms with van der Waals surface area (Å²) < 4.78 is 5.38. The number of anilines is 2. The number of nitrogens with one attached hydrogen (secondary N) is 2. The molecular weight excluding hydrogens is 367 g/mol. The highest BCUT2D eigenvalue weighted by atomic mass is 35.5. The van der Waals surface area contributed by atoms with E-state index in [9.17, 15) is 4.79 Å². The number of nitrogens with two attached hydrogens (primary N) is 1.